The zero-order valence-electron chi connectivity index (χ0n) is 11.7. The SMILES string of the molecule is CCCNCc1cc(Cn2ncc(Cl)c2C)c(C)o1. The van der Waals surface area contributed by atoms with E-state index in [0.29, 0.717) is 11.6 Å². The molecule has 2 rings (SSSR count). The number of nitrogens with one attached hydrogen (secondary N) is 1. The molecular weight excluding hydrogens is 262 g/mol. The fourth-order valence-electron chi connectivity index (χ4n) is 1.96. The first-order valence-corrected chi connectivity index (χ1v) is 6.96. The molecule has 0 aliphatic heterocycles. The summed E-state index contributed by atoms with van der Waals surface area (Å²) in [4.78, 5) is 0. The van der Waals surface area contributed by atoms with E-state index in [2.05, 4.69) is 23.4 Å². The van der Waals surface area contributed by atoms with Crippen LogP contribution in [-0.4, -0.2) is 16.3 Å². The molecule has 0 fully saturated rings. The molecule has 0 amide bonds. The molecule has 0 spiro atoms. The van der Waals surface area contributed by atoms with Crippen LogP contribution in [0.2, 0.25) is 5.02 Å². The first-order chi connectivity index (χ1) is 9.11. The van der Waals surface area contributed by atoms with E-state index in [1.54, 1.807) is 6.20 Å². The zero-order valence-corrected chi connectivity index (χ0v) is 12.4. The fourth-order valence-corrected chi connectivity index (χ4v) is 2.11. The third-order valence-electron chi connectivity index (χ3n) is 3.16. The Morgan fingerprint density at radius 2 is 2.21 bits per heavy atom. The molecule has 104 valence electrons. The molecular formula is C14H20ClN3O. The van der Waals surface area contributed by atoms with Crippen molar-refractivity contribution in [1.29, 1.82) is 0 Å². The number of nitrogens with zero attached hydrogens (tertiary/aromatic N) is 2. The lowest BCUT2D eigenvalue weighted by molar-refractivity contribution is 0.458. The predicted molar refractivity (Wildman–Crippen MR) is 76.5 cm³/mol. The van der Waals surface area contributed by atoms with Crippen LogP contribution in [0, 0.1) is 13.8 Å². The van der Waals surface area contributed by atoms with Crippen molar-refractivity contribution in [2.24, 2.45) is 0 Å². The summed E-state index contributed by atoms with van der Waals surface area (Å²) in [5, 5.41) is 8.30. The van der Waals surface area contributed by atoms with Gasteiger partial charge in [-0.25, -0.2) is 0 Å². The van der Waals surface area contributed by atoms with Gasteiger partial charge in [-0.3, -0.25) is 4.68 Å². The molecule has 0 bridgehead atoms. The highest BCUT2D eigenvalue weighted by Crippen LogP contribution is 2.19. The van der Waals surface area contributed by atoms with Gasteiger partial charge in [-0.15, -0.1) is 0 Å². The summed E-state index contributed by atoms with van der Waals surface area (Å²) in [6.07, 6.45) is 2.80. The average molecular weight is 282 g/mol. The van der Waals surface area contributed by atoms with Crippen LogP contribution in [0.1, 0.15) is 36.1 Å². The van der Waals surface area contributed by atoms with Crippen molar-refractivity contribution >= 4 is 11.6 Å². The summed E-state index contributed by atoms with van der Waals surface area (Å²) in [6, 6.07) is 2.09. The highest BCUT2D eigenvalue weighted by Gasteiger charge is 2.10. The van der Waals surface area contributed by atoms with E-state index in [1.165, 1.54) is 0 Å². The molecule has 1 N–H and O–H groups in total. The van der Waals surface area contributed by atoms with Crippen LogP contribution in [0.4, 0.5) is 0 Å². The van der Waals surface area contributed by atoms with E-state index < -0.39 is 0 Å². The van der Waals surface area contributed by atoms with Crippen LogP contribution in [0.3, 0.4) is 0 Å². The van der Waals surface area contributed by atoms with Gasteiger partial charge in [-0.2, -0.15) is 5.10 Å². The van der Waals surface area contributed by atoms with Crippen molar-refractivity contribution in [2.45, 2.75) is 40.3 Å². The molecule has 0 aliphatic rings. The zero-order chi connectivity index (χ0) is 13.8. The number of aryl methyl sites for hydroxylation is 1. The Labute approximate surface area is 118 Å². The smallest absolute Gasteiger partial charge is 0.118 e. The Morgan fingerprint density at radius 3 is 2.84 bits per heavy atom. The topological polar surface area (TPSA) is 43.0 Å². The van der Waals surface area contributed by atoms with Gasteiger partial charge < -0.3 is 9.73 Å². The molecule has 5 heteroatoms. The van der Waals surface area contributed by atoms with Crippen molar-refractivity contribution in [2.75, 3.05) is 6.54 Å². The highest BCUT2D eigenvalue weighted by atomic mass is 35.5. The summed E-state index contributed by atoms with van der Waals surface area (Å²) < 4.78 is 7.64. The predicted octanol–water partition coefficient (Wildman–Crippen LogP) is 3.29. The monoisotopic (exact) mass is 281 g/mol. The van der Waals surface area contributed by atoms with Crippen molar-refractivity contribution < 1.29 is 4.42 Å². The van der Waals surface area contributed by atoms with E-state index in [9.17, 15) is 0 Å². The largest absolute Gasteiger partial charge is 0.465 e. The van der Waals surface area contributed by atoms with Crippen molar-refractivity contribution in [3.05, 3.63) is 40.1 Å². The maximum absolute atomic E-state index is 6.01. The summed E-state index contributed by atoms with van der Waals surface area (Å²) in [7, 11) is 0. The van der Waals surface area contributed by atoms with Gasteiger partial charge in [0.2, 0.25) is 0 Å². The van der Waals surface area contributed by atoms with Gasteiger partial charge in [0.25, 0.3) is 0 Å². The maximum Gasteiger partial charge on any atom is 0.118 e. The van der Waals surface area contributed by atoms with Crippen LogP contribution in [0.15, 0.2) is 16.7 Å². The lowest BCUT2D eigenvalue weighted by Gasteiger charge is -2.02. The third kappa shape index (κ3) is 3.39. The van der Waals surface area contributed by atoms with Crippen molar-refractivity contribution in [1.82, 2.24) is 15.1 Å². The summed E-state index contributed by atoms with van der Waals surface area (Å²) in [5.41, 5.74) is 2.13. The number of hydrogen-bond acceptors (Lipinski definition) is 3. The van der Waals surface area contributed by atoms with E-state index in [0.717, 1.165) is 42.3 Å². The Hall–Kier alpha value is -1.26. The Kier molecular flexibility index (Phi) is 4.66. The number of furan rings is 1. The summed E-state index contributed by atoms with van der Waals surface area (Å²) >= 11 is 6.01. The second kappa shape index (κ2) is 6.26. The standard InChI is InChI=1S/C14H20ClN3O/c1-4-5-16-7-13-6-12(11(3)19-13)9-18-10(2)14(15)8-17-18/h6,8,16H,4-5,7,9H2,1-3H3. The number of rotatable bonds is 6. The van der Waals surface area contributed by atoms with Crippen LogP contribution in [-0.2, 0) is 13.1 Å². The van der Waals surface area contributed by atoms with Gasteiger partial charge in [-0.05, 0) is 32.9 Å². The molecule has 0 atom stereocenters. The second-order valence-corrected chi connectivity index (χ2v) is 5.11. The van der Waals surface area contributed by atoms with Crippen LogP contribution in [0.5, 0.6) is 0 Å². The number of hydrogen-bond donors (Lipinski definition) is 1. The lowest BCUT2D eigenvalue weighted by Crippen LogP contribution is -2.13. The van der Waals surface area contributed by atoms with Gasteiger partial charge in [0.05, 0.1) is 30.0 Å². The molecule has 0 aromatic carbocycles. The minimum absolute atomic E-state index is 0.696. The molecule has 0 saturated carbocycles. The van der Waals surface area contributed by atoms with Crippen molar-refractivity contribution in [3.8, 4) is 0 Å². The molecule has 19 heavy (non-hydrogen) atoms. The molecule has 2 aromatic rings. The summed E-state index contributed by atoms with van der Waals surface area (Å²) in [5.74, 6) is 1.91. The minimum Gasteiger partial charge on any atom is -0.465 e. The fraction of sp³-hybridized carbons (Fsp3) is 0.500. The van der Waals surface area contributed by atoms with E-state index >= 15 is 0 Å². The molecule has 2 aromatic heterocycles. The van der Waals surface area contributed by atoms with E-state index in [1.807, 2.05) is 18.5 Å². The first kappa shape index (κ1) is 14.2. The molecule has 0 radical (unpaired) electrons. The van der Waals surface area contributed by atoms with Gasteiger partial charge >= 0.3 is 0 Å². The molecule has 0 unspecified atom stereocenters. The average Bonchev–Trinajstić information content (AvgIpc) is 2.88. The number of halogens is 1. The van der Waals surface area contributed by atoms with Gasteiger partial charge in [0.1, 0.15) is 11.5 Å². The van der Waals surface area contributed by atoms with Gasteiger partial charge in [0, 0.05) is 5.56 Å². The van der Waals surface area contributed by atoms with Crippen LogP contribution in [0.25, 0.3) is 0 Å². The normalized spacial score (nSPS) is 11.2. The summed E-state index contributed by atoms with van der Waals surface area (Å²) in [6.45, 7) is 8.57. The first-order valence-electron chi connectivity index (χ1n) is 6.58. The molecule has 4 nitrogen and oxygen atoms in total. The Balaban J connectivity index is 2.06. The molecule has 2 heterocycles. The van der Waals surface area contributed by atoms with Gasteiger partial charge in [0.15, 0.2) is 0 Å². The highest BCUT2D eigenvalue weighted by molar-refractivity contribution is 6.31. The molecule has 0 saturated heterocycles. The number of aromatic nitrogens is 2. The van der Waals surface area contributed by atoms with Crippen molar-refractivity contribution in [3.63, 3.8) is 0 Å². The van der Waals surface area contributed by atoms with Crippen LogP contribution < -0.4 is 5.32 Å². The quantitative estimate of drug-likeness (QED) is 0.826. The molecule has 0 aliphatic carbocycles. The van der Waals surface area contributed by atoms with E-state index in [-0.39, 0.29) is 0 Å². The van der Waals surface area contributed by atoms with E-state index in [4.69, 9.17) is 16.0 Å². The van der Waals surface area contributed by atoms with Crippen LogP contribution >= 0.6 is 11.6 Å². The maximum atomic E-state index is 6.01. The lowest BCUT2D eigenvalue weighted by atomic mass is 10.2. The second-order valence-electron chi connectivity index (χ2n) is 4.71. The Morgan fingerprint density at radius 1 is 1.42 bits per heavy atom. The third-order valence-corrected chi connectivity index (χ3v) is 3.53. The Bertz CT molecular complexity index is 545. The minimum atomic E-state index is 0.696. The van der Waals surface area contributed by atoms with Gasteiger partial charge in [-0.1, -0.05) is 18.5 Å².